The Morgan fingerprint density at radius 2 is 2.00 bits per heavy atom. The molecular weight excluding hydrogens is 256 g/mol. The van der Waals surface area contributed by atoms with Gasteiger partial charge in [-0.15, -0.1) is 0 Å². The van der Waals surface area contributed by atoms with Crippen LogP contribution in [0.1, 0.15) is 12.0 Å². The SMILES string of the molecule is COC(=O)CN(Cc1ccccc1)C(=O)CC1CNC1. The number of ether oxygens (including phenoxy) is 1. The van der Waals surface area contributed by atoms with E-state index in [9.17, 15) is 9.59 Å². The van der Waals surface area contributed by atoms with Crippen LogP contribution in [0, 0.1) is 5.92 Å². The second-order valence-corrected chi connectivity index (χ2v) is 5.04. The van der Waals surface area contributed by atoms with E-state index in [0.29, 0.717) is 18.9 Å². The number of esters is 1. The van der Waals surface area contributed by atoms with Crippen LogP contribution >= 0.6 is 0 Å². The lowest BCUT2D eigenvalue weighted by atomic mass is 9.98. The molecule has 1 saturated heterocycles. The Labute approximate surface area is 118 Å². The van der Waals surface area contributed by atoms with Gasteiger partial charge in [0.15, 0.2) is 0 Å². The summed E-state index contributed by atoms with van der Waals surface area (Å²) in [6, 6.07) is 9.67. The van der Waals surface area contributed by atoms with Crippen molar-refractivity contribution in [3.8, 4) is 0 Å². The largest absolute Gasteiger partial charge is 0.468 e. The van der Waals surface area contributed by atoms with Crippen molar-refractivity contribution in [2.24, 2.45) is 5.92 Å². The molecule has 1 heterocycles. The highest BCUT2D eigenvalue weighted by atomic mass is 16.5. The molecule has 0 spiro atoms. The number of rotatable bonds is 6. The van der Waals surface area contributed by atoms with Gasteiger partial charge in [0, 0.05) is 13.0 Å². The molecule has 5 nitrogen and oxygen atoms in total. The third-order valence-electron chi connectivity index (χ3n) is 3.45. The van der Waals surface area contributed by atoms with Crippen molar-refractivity contribution < 1.29 is 14.3 Å². The molecule has 0 aromatic heterocycles. The molecule has 1 aliphatic rings. The molecule has 0 unspecified atom stereocenters. The van der Waals surface area contributed by atoms with Crippen molar-refractivity contribution in [1.82, 2.24) is 10.2 Å². The van der Waals surface area contributed by atoms with E-state index in [1.165, 1.54) is 7.11 Å². The van der Waals surface area contributed by atoms with Gasteiger partial charge in [-0.1, -0.05) is 30.3 Å². The normalized spacial score (nSPS) is 14.4. The van der Waals surface area contributed by atoms with Gasteiger partial charge in [-0.3, -0.25) is 9.59 Å². The van der Waals surface area contributed by atoms with Gasteiger partial charge in [0.25, 0.3) is 0 Å². The second-order valence-electron chi connectivity index (χ2n) is 5.04. The van der Waals surface area contributed by atoms with E-state index in [2.05, 4.69) is 10.1 Å². The Bertz CT molecular complexity index is 457. The number of nitrogens with zero attached hydrogens (tertiary/aromatic N) is 1. The molecule has 20 heavy (non-hydrogen) atoms. The van der Waals surface area contributed by atoms with Crippen LogP contribution in [0.3, 0.4) is 0 Å². The molecule has 1 amide bonds. The fraction of sp³-hybridized carbons (Fsp3) is 0.467. The predicted octanol–water partition coefficient (Wildman–Crippen LogP) is 0.798. The van der Waals surface area contributed by atoms with Gasteiger partial charge in [-0.25, -0.2) is 0 Å². The van der Waals surface area contributed by atoms with Crippen LogP contribution in [0.4, 0.5) is 0 Å². The fourth-order valence-corrected chi connectivity index (χ4v) is 2.13. The summed E-state index contributed by atoms with van der Waals surface area (Å²) in [5, 5.41) is 3.14. The van der Waals surface area contributed by atoms with Gasteiger partial charge < -0.3 is 15.0 Å². The molecule has 1 fully saturated rings. The lowest BCUT2D eigenvalue weighted by molar-refractivity contribution is -0.147. The van der Waals surface area contributed by atoms with Gasteiger partial charge >= 0.3 is 5.97 Å². The van der Waals surface area contributed by atoms with Crippen molar-refractivity contribution in [2.75, 3.05) is 26.7 Å². The summed E-state index contributed by atoms with van der Waals surface area (Å²) >= 11 is 0. The number of methoxy groups -OCH3 is 1. The molecule has 1 aromatic rings. The number of hydrogen-bond donors (Lipinski definition) is 1. The average Bonchev–Trinajstić information content (AvgIpc) is 2.42. The van der Waals surface area contributed by atoms with Crippen LogP contribution in [0.25, 0.3) is 0 Å². The first kappa shape index (κ1) is 14.5. The van der Waals surface area contributed by atoms with Crippen LogP contribution in [-0.4, -0.2) is 43.5 Å². The molecule has 1 N–H and O–H groups in total. The van der Waals surface area contributed by atoms with E-state index in [-0.39, 0.29) is 18.4 Å². The van der Waals surface area contributed by atoms with E-state index < -0.39 is 0 Å². The average molecular weight is 276 g/mol. The van der Waals surface area contributed by atoms with Crippen LogP contribution in [0.2, 0.25) is 0 Å². The molecule has 2 rings (SSSR count). The van der Waals surface area contributed by atoms with Gasteiger partial charge in [0.1, 0.15) is 6.54 Å². The molecule has 0 radical (unpaired) electrons. The van der Waals surface area contributed by atoms with Gasteiger partial charge in [-0.05, 0) is 24.6 Å². The van der Waals surface area contributed by atoms with E-state index in [1.807, 2.05) is 30.3 Å². The lowest BCUT2D eigenvalue weighted by Crippen LogP contribution is -2.46. The monoisotopic (exact) mass is 276 g/mol. The minimum Gasteiger partial charge on any atom is -0.468 e. The molecule has 0 aliphatic carbocycles. The van der Waals surface area contributed by atoms with Crippen molar-refractivity contribution in [3.63, 3.8) is 0 Å². The number of carbonyl (C=O) groups is 2. The maximum atomic E-state index is 12.3. The summed E-state index contributed by atoms with van der Waals surface area (Å²) in [6.07, 6.45) is 0.483. The highest BCUT2D eigenvalue weighted by molar-refractivity contribution is 5.82. The van der Waals surface area contributed by atoms with E-state index in [4.69, 9.17) is 0 Å². The molecule has 1 aromatic carbocycles. The minimum absolute atomic E-state index is 0.00434. The van der Waals surface area contributed by atoms with Crippen molar-refractivity contribution in [2.45, 2.75) is 13.0 Å². The summed E-state index contributed by atoms with van der Waals surface area (Å²) < 4.78 is 4.67. The van der Waals surface area contributed by atoms with E-state index in [1.54, 1.807) is 4.90 Å². The lowest BCUT2D eigenvalue weighted by Gasteiger charge is -2.29. The number of benzene rings is 1. The van der Waals surface area contributed by atoms with Crippen molar-refractivity contribution in [1.29, 1.82) is 0 Å². The smallest absolute Gasteiger partial charge is 0.325 e. The number of amides is 1. The van der Waals surface area contributed by atoms with E-state index in [0.717, 1.165) is 18.7 Å². The summed E-state index contributed by atoms with van der Waals surface area (Å²) in [5.74, 6) is 0.00480. The molecule has 0 atom stereocenters. The van der Waals surface area contributed by atoms with Gasteiger partial charge in [-0.2, -0.15) is 0 Å². The molecular formula is C15H20N2O3. The second kappa shape index (κ2) is 7.05. The summed E-state index contributed by atoms with van der Waals surface area (Å²) in [5.41, 5.74) is 1.01. The maximum Gasteiger partial charge on any atom is 0.325 e. The Hall–Kier alpha value is -1.88. The standard InChI is InChI=1S/C15H20N2O3/c1-20-15(19)11-17(10-12-5-3-2-4-6-12)14(18)7-13-8-16-9-13/h2-6,13,16H,7-11H2,1H3. The third kappa shape index (κ3) is 4.06. The van der Waals surface area contributed by atoms with Crippen LogP contribution in [0.5, 0.6) is 0 Å². The van der Waals surface area contributed by atoms with Crippen LogP contribution < -0.4 is 5.32 Å². The molecule has 0 saturated carbocycles. The Kier molecular flexibility index (Phi) is 5.12. The van der Waals surface area contributed by atoms with E-state index >= 15 is 0 Å². The van der Waals surface area contributed by atoms with Crippen molar-refractivity contribution >= 4 is 11.9 Å². The first-order valence-corrected chi connectivity index (χ1v) is 6.78. The molecule has 1 aliphatic heterocycles. The zero-order valence-electron chi connectivity index (χ0n) is 11.7. The topological polar surface area (TPSA) is 58.6 Å². The van der Waals surface area contributed by atoms with Crippen LogP contribution in [-0.2, 0) is 20.9 Å². The Morgan fingerprint density at radius 1 is 1.30 bits per heavy atom. The zero-order valence-corrected chi connectivity index (χ0v) is 11.7. The third-order valence-corrected chi connectivity index (χ3v) is 3.45. The first-order valence-electron chi connectivity index (χ1n) is 6.78. The quantitative estimate of drug-likeness (QED) is 0.781. The first-order chi connectivity index (χ1) is 9.69. The van der Waals surface area contributed by atoms with Crippen molar-refractivity contribution in [3.05, 3.63) is 35.9 Å². The number of nitrogens with one attached hydrogen (secondary N) is 1. The highest BCUT2D eigenvalue weighted by Crippen LogP contribution is 2.13. The highest BCUT2D eigenvalue weighted by Gasteiger charge is 2.25. The predicted molar refractivity (Wildman–Crippen MR) is 74.9 cm³/mol. The summed E-state index contributed by atoms with van der Waals surface area (Å²) in [6.45, 7) is 2.20. The minimum atomic E-state index is -0.388. The zero-order chi connectivity index (χ0) is 14.4. The maximum absolute atomic E-state index is 12.3. The van der Waals surface area contributed by atoms with Crippen LogP contribution in [0.15, 0.2) is 30.3 Å². The molecule has 0 bridgehead atoms. The molecule has 5 heteroatoms. The Balaban J connectivity index is 1.98. The number of hydrogen-bond acceptors (Lipinski definition) is 4. The molecule has 108 valence electrons. The van der Waals surface area contributed by atoms with Gasteiger partial charge in [0.05, 0.1) is 7.11 Å². The Morgan fingerprint density at radius 3 is 2.55 bits per heavy atom. The fourth-order valence-electron chi connectivity index (χ4n) is 2.13. The van der Waals surface area contributed by atoms with Gasteiger partial charge in [0.2, 0.25) is 5.91 Å². The summed E-state index contributed by atoms with van der Waals surface area (Å²) in [4.78, 5) is 25.3. The summed E-state index contributed by atoms with van der Waals surface area (Å²) in [7, 11) is 1.34. The number of carbonyl (C=O) groups excluding carboxylic acids is 2.